The lowest BCUT2D eigenvalue weighted by Gasteiger charge is -2.31. The highest BCUT2D eigenvalue weighted by Gasteiger charge is 2.61. The Hall–Kier alpha value is -3.52. The molecule has 8 nitrogen and oxygen atoms in total. The van der Waals surface area contributed by atoms with Gasteiger partial charge in [0, 0.05) is 11.1 Å². The summed E-state index contributed by atoms with van der Waals surface area (Å²) in [7, 11) is 0. The van der Waals surface area contributed by atoms with Gasteiger partial charge in [0.2, 0.25) is 0 Å². The smallest absolute Gasteiger partial charge is 0.272 e. The number of para-hydroxylation sites is 1. The minimum absolute atomic E-state index is 0.0326. The molecule has 32 heavy (non-hydrogen) atoms. The number of rotatable bonds is 5. The van der Waals surface area contributed by atoms with Crippen LogP contribution >= 0.6 is 11.6 Å². The van der Waals surface area contributed by atoms with Gasteiger partial charge >= 0.3 is 0 Å². The summed E-state index contributed by atoms with van der Waals surface area (Å²) >= 11 is 6.29. The van der Waals surface area contributed by atoms with Gasteiger partial charge in [-0.15, -0.1) is 0 Å². The van der Waals surface area contributed by atoms with Gasteiger partial charge in [0.1, 0.15) is 5.56 Å². The number of carbonyl (C=O) groups is 3. The molecule has 2 aromatic carbocycles. The number of imide groups is 1. The molecule has 0 unspecified atom stereocenters. The van der Waals surface area contributed by atoms with E-state index in [4.69, 9.17) is 11.6 Å². The molecule has 5 rings (SSSR count). The van der Waals surface area contributed by atoms with Crippen LogP contribution in [0.1, 0.15) is 22.3 Å². The zero-order chi connectivity index (χ0) is 22.6. The van der Waals surface area contributed by atoms with Crippen LogP contribution in [0.5, 0.6) is 0 Å². The van der Waals surface area contributed by atoms with Crippen LogP contribution in [0.2, 0.25) is 5.02 Å². The number of allylic oxidation sites excluding steroid dienone is 2. The highest BCUT2D eigenvalue weighted by atomic mass is 35.5. The summed E-state index contributed by atoms with van der Waals surface area (Å²) in [6.45, 7) is -0.176. The summed E-state index contributed by atoms with van der Waals surface area (Å²) in [6, 6.07) is 12.2. The zero-order valence-electron chi connectivity index (χ0n) is 16.8. The molecule has 2 aromatic rings. The minimum Gasteiger partial charge on any atom is -0.272 e. The van der Waals surface area contributed by atoms with Gasteiger partial charge in [-0.3, -0.25) is 24.5 Å². The molecule has 2 aliphatic carbocycles. The zero-order valence-corrected chi connectivity index (χ0v) is 17.5. The quantitative estimate of drug-likeness (QED) is 0.299. The van der Waals surface area contributed by atoms with Crippen molar-refractivity contribution < 1.29 is 19.3 Å². The first-order valence-corrected chi connectivity index (χ1v) is 10.6. The fourth-order valence-electron chi connectivity index (χ4n) is 5.10. The number of hydrogen-bond donors (Lipinski definition) is 0. The summed E-state index contributed by atoms with van der Waals surface area (Å²) in [5.41, 5.74) is -0.0918. The van der Waals surface area contributed by atoms with Gasteiger partial charge < -0.3 is 0 Å². The Morgan fingerprint density at radius 3 is 2.25 bits per heavy atom. The lowest BCUT2D eigenvalue weighted by molar-refractivity contribution is -0.385. The van der Waals surface area contributed by atoms with Crippen molar-refractivity contribution in [2.24, 2.45) is 23.7 Å². The van der Waals surface area contributed by atoms with Crippen molar-refractivity contribution in [1.82, 2.24) is 10.0 Å². The van der Waals surface area contributed by atoms with E-state index in [9.17, 15) is 24.5 Å². The summed E-state index contributed by atoms with van der Waals surface area (Å²) in [6.07, 6.45) is 4.68. The summed E-state index contributed by atoms with van der Waals surface area (Å²) < 4.78 is 0. The maximum absolute atomic E-state index is 13.6. The molecule has 1 heterocycles. The Kier molecular flexibility index (Phi) is 4.82. The highest BCUT2D eigenvalue weighted by Crippen LogP contribution is 2.53. The Morgan fingerprint density at radius 1 is 1.03 bits per heavy atom. The van der Waals surface area contributed by atoms with Crippen LogP contribution in [0.15, 0.2) is 60.7 Å². The topological polar surface area (TPSA) is 101 Å². The van der Waals surface area contributed by atoms with Crippen molar-refractivity contribution in [3.05, 3.63) is 86.9 Å². The largest absolute Gasteiger partial charge is 0.282 e. The molecule has 2 bridgehead atoms. The lowest BCUT2D eigenvalue weighted by Crippen LogP contribution is -2.50. The molecule has 0 spiro atoms. The summed E-state index contributed by atoms with van der Waals surface area (Å²) in [4.78, 5) is 51.2. The van der Waals surface area contributed by atoms with Gasteiger partial charge in [-0.2, -0.15) is 5.01 Å². The fourth-order valence-corrected chi connectivity index (χ4v) is 5.29. The third kappa shape index (κ3) is 3.02. The molecule has 162 valence electrons. The first kappa shape index (κ1) is 20.4. The second-order valence-electron chi connectivity index (χ2n) is 8.22. The van der Waals surface area contributed by atoms with E-state index in [0.717, 1.165) is 16.4 Å². The average Bonchev–Trinajstić information content (AvgIpc) is 3.47. The lowest BCUT2D eigenvalue weighted by atomic mass is 9.85. The third-order valence-corrected chi connectivity index (χ3v) is 6.90. The monoisotopic (exact) mass is 451 g/mol. The standard InChI is InChI=1S/C23H18ClN3O5/c24-17-7-3-1-5-15(17)12-25(21(28)16-6-2-4-8-18(16)27(31)32)26-22(29)19-13-9-10-14(11-13)20(19)23(26)30/h1-10,13-14,19-20H,11-12H2/t13-,14-,19-,20+/m0/s1. The van der Waals surface area contributed by atoms with Gasteiger partial charge in [-0.05, 0) is 36.0 Å². The first-order valence-electron chi connectivity index (χ1n) is 10.2. The van der Waals surface area contributed by atoms with E-state index in [1.807, 2.05) is 12.2 Å². The molecule has 0 radical (unpaired) electrons. The molecular formula is C23H18ClN3O5. The average molecular weight is 452 g/mol. The highest BCUT2D eigenvalue weighted by molar-refractivity contribution is 6.31. The maximum Gasteiger partial charge on any atom is 0.282 e. The molecule has 1 saturated heterocycles. The number of fused-ring (bicyclic) bond motifs is 5. The molecule has 1 saturated carbocycles. The Balaban J connectivity index is 1.58. The Bertz CT molecular complexity index is 1170. The van der Waals surface area contributed by atoms with Gasteiger partial charge in [0.25, 0.3) is 23.4 Å². The van der Waals surface area contributed by atoms with Crippen molar-refractivity contribution >= 4 is 35.0 Å². The van der Waals surface area contributed by atoms with E-state index in [1.54, 1.807) is 24.3 Å². The van der Waals surface area contributed by atoms with Gasteiger partial charge in [-0.25, -0.2) is 5.01 Å². The summed E-state index contributed by atoms with van der Waals surface area (Å²) in [5, 5.41) is 13.8. The van der Waals surface area contributed by atoms with Crippen LogP contribution in [0.4, 0.5) is 5.69 Å². The van der Waals surface area contributed by atoms with Gasteiger partial charge in [0.05, 0.1) is 23.3 Å². The third-order valence-electron chi connectivity index (χ3n) is 6.53. The van der Waals surface area contributed by atoms with E-state index in [1.165, 1.54) is 24.3 Å². The predicted octanol–water partition coefficient (Wildman–Crippen LogP) is 3.61. The van der Waals surface area contributed by atoms with Crippen LogP contribution in [0.25, 0.3) is 0 Å². The number of carbonyl (C=O) groups excluding carboxylic acids is 3. The van der Waals surface area contributed by atoms with Crippen molar-refractivity contribution in [2.45, 2.75) is 13.0 Å². The second kappa shape index (κ2) is 7.56. The number of halogens is 1. The molecular weight excluding hydrogens is 434 g/mol. The molecule has 2 fully saturated rings. The number of hydrazine groups is 1. The maximum atomic E-state index is 13.6. The molecule has 0 N–H and O–H groups in total. The molecule has 4 atom stereocenters. The van der Waals surface area contributed by atoms with Gasteiger partial charge in [-0.1, -0.05) is 54.1 Å². The van der Waals surface area contributed by atoms with E-state index in [2.05, 4.69) is 0 Å². The van der Waals surface area contributed by atoms with Crippen LogP contribution in [-0.4, -0.2) is 32.7 Å². The number of hydrogen-bond acceptors (Lipinski definition) is 5. The van der Waals surface area contributed by atoms with E-state index < -0.39 is 40.2 Å². The fraction of sp³-hybridized carbons (Fsp3) is 0.261. The minimum atomic E-state index is -0.806. The van der Waals surface area contributed by atoms with Crippen molar-refractivity contribution in [3.63, 3.8) is 0 Å². The second-order valence-corrected chi connectivity index (χ2v) is 8.62. The SMILES string of the molecule is O=C(c1ccccc1[N+](=O)[O-])N(Cc1ccccc1Cl)N1C(=O)[C@@H]2[C@H](C1=O)[C@H]1C=C[C@H]2C1. The van der Waals surface area contributed by atoms with Crippen molar-refractivity contribution in [3.8, 4) is 0 Å². The molecule has 3 amide bonds. The van der Waals surface area contributed by atoms with E-state index >= 15 is 0 Å². The predicted molar refractivity (Wildman–Crippen MR) is 114 cm³/mol. The van der Waals surface area contributed by atoms with Crippen LogP contribution < -0.4 is 0 Å². The van der Waals surface area contributed by atoms with Crippen LogP contribution in [0.3, 0.4) is 0 Å². The number of nitro benzene ring substituents is 1. The summed E-state index contributed by atoms with van der Waals surface area (Å²) in [5.74, 6) is -2.79. The van der Waals surface area contributed by atoms with Crippen molar-refractivity contribution in [2.75, 3.05) is 0 Å². The molecule has 9 heteroatoms. The first-order chi connectivity index (χ1) is 15.4. The van der Waals surface area contributed by atoms with Crippen molar-refractivity contribution in [1.29, 1.82) is 0 Å². The molecule has 1 aliphatic heterocycles. The molecule has 0 aromatic heterocycles. The van der Waals surface area contributed by atoms with Gasteiger partial charge in [0.15, 0.2) is 0 Å². The van der Waals surface area contributed by atoms with Crippen LogP contribution in [0, 0.1) is 33.8 Å². The van der Waals surface area contributed by atoms with E-state index in [0.29, 0.717) is 10.6 Å². The molecule has 3 aliphatic rings. The van der Waals surface area contributed by atoms with Crippen LogP contribution in [-0.2, 0) is 16.1 Å². The van der Waals surface area contributed by atoms with E-state index in [-0.39, 0.29) is 23.9 Å². The number of benzene rings is 2. The Labute approximate surface area is 188 Å². The number of amides is 3. The number of nitro groups is 1. The Morgan fingerprint density at radius 2 is 1.62 bits per heavy atom. The normalized spacial score (nSPS) is 25.3. The number of nitrogens with zero attached hydrogens (tertiary/aromatic N) is 3.